The Morgan fingerprint density at radius 3 is 2.75 bits per heavy atom. The Kier molecular flexibility index (Phi) is 2.51. The molecule has 0 spiro atoms. The van der Waals surface area contributed by atoms with E-state index in [0.717, 1.165) is 5.82 Å². The first-order chi connectivity index (χ1) is 8.41. The minimum absolute atomic E-state index is 0.0894. The van der Waals surface area contributed by atoms with Gasteiger partial charge in [-0.15, -0.1) is 11.6 Å². The lowest BCUT2D eigenvalue weighted by Crippen LogP contribution is -2.07. The average molecular weight is 239 g/mol. The number of imidazole rings is 1. The van der Waals surface area contributed by atoms with E-state index in [9.17, 15) is 0 Å². The van der Waals surface area contributed by atoms with E-state index in [1.54, 1.807) is 17.0 Å². The Morgan fingerprint density at radius 2 is 2.06 bits per heavy atom. The number of halogens is 1. The molecule has 0 aliphatic heterocycles. The molecule has 2 heterocycles. The summed E-state index contributed by atoms with van der Waals surface area (Å²) in [4.78, 5) is 12.4. The van der Waals surface area contributed by atoms with E-state index in [1.165, 1.54) is 12.4 Å². The molecule has 0 bridgehead atoms. The quantitative estimate of drug-likeness (QED) is 0.772. The maximum absolute atomic E-state index is 7.59. The second-order valence-corrected chi connectivity index (χ2v) is 3.82. The molecular weight excluding hydrogens is 224 g/mol. The first-order valence-electron chi connectivity index (χ1n) is 5.95. The van der Waals surface area contributed by atoms with Crippen LogP contribution >= 0.6 is 11.6 Å². The molecule has 2 aromatic heterocycles. The van der Waals surface area contributed by atoms with Gasteiger partial charge in [0.15, 0.2) is 5.82 Å². The van der Waals surface area contributed by atoms with Crippen LogP contribution in [0.2, 0.25) is 0 Å². The highest BCUT2D eigenvalue weighted by atomic mass is 35.5. The Morgan fingerprint density at radius 1 is 1.31 bits per heavy atom. The molecule has 0 unspecified atom stereocenters. The van der Waals surface area contributed by atoms with Gasteiger partial charge in [-0.3, -0.25) is 9.55 Å². The van der Waals surface area contributed by atoms with E-state index in [2.05, 4.69) is 15.0 Å². The second-order valence-electron chi connectivity index (χ2n) is 3.63. The lowest BCUT2D eigenvalue weighted by atomic mass is 10.2. The molecule has 0 saturated carbocycles. The Hall–Kier alpha value is -1.42. The van der Waals surface area contributed by atoms with Crippen LogP contribution in [0.4, 0.5) is 0 Å². The minimum Gasteiger partial charge on any atom is -0.286 e. The lowest BCUT2D eigenvalue weighted by molar-refractivity contribution is 0.737. The van der Waals surface area contributed by atoms with Gasteiger partial charge >= 0.3 is 0 Å². The SMILES string of the molecule is [2H]C([2H])(Cl)c1nccnc1-n1ccnc1C(C)C. The van der Waals surface area contributed by atoms with Crippen LogP contribution in [0.1, 0.15) is 34.0 Å². The molecule has 16 heavy (non-hydrogen) atoms. The van der Waals surface area contributed by atoms with Crippen molar-refractivity contribution in [3.8, 4) is 5.82 Å². The molecule has 84 valence electrons. The summed E-state index contributed by atoms with van der Waals surface area (Å²) in [7, 11) is 0. The molecule has 0 radical (unpaired) electrons. The van der Waals surface area contributed by atoms with Gasteiger partial charge in [-0.05, 0) is 0 Å². The van der Waals surface area contributed by atoms with Gasteiger partial charge in [0, 0.05) is 30.7 Å². The predicted molar refractivity (Wildman–Crippen MR) is 62.8 cm³/mol. The molecule has 2 rings (SSSR count). The van der Waals surface area contributed by atoms with Crippen molar-refractivity contribution in [3.63, 3.8) is 0 Å². The average Bonchev–Trinajstić information content (AvgIpc) is 2.76. The molecule has 5 heteroatoms. The summed E-state index contributed by atoms with van der Waals surface area (Å²) in [6, 6.07) is 0. The Balaban J connectivity index is 2.61. The molecule has 0 aliphatic rings. The van der Waals surface area contributed by atoms with E-state index in [1.807, 2.05) is 13.8 Å². The predicted octanol–water partition coefficient (Wildman–Crippen LogP) is 2.52. The van der Waals surface area contributed by atoms with Gasteiger partial charge in [-0.2, -0.15) is 0 Å². The van der Waals surface area contributed by atoms with Crippen LogP contribution in [0.15, 0.2) is 24.8 Å². The number of hydrogen-bond acceptors (Lipinski definition) is 3. The van der Waals surface area contributed by atoms with Crippen LogP contribution < -0.4 is 0 Å². The van der Waals surface area contributed by atoms with Crippen LogP contribution in [0.25, 0.3) is 5.82 Å². The first kappa shape index (κ1) is 8.70. The second kappa shape index (κ2) is 4.61. The smallest absolute Gasteiger partial charge is 0.161 e. The van der Waals surface area contributed by atoms with Crippen molar-refractivity contribution >= 4 is 11.6 Å². The van der Waals surface area contributed by atoms with Gasteiger partial charge in [-0.25, -0.2) is 9.97 Å². The van der Waals surface area contributed by atoms with Gasteiger partial charge in [0.1, 0.15) is 5.82 Å². The first-order valence-corrected chi connectivity index (χ1v) is 5.33. The van der Waals surface area contributed by atoms with Gasteiger partial charge < -0.3 is 0 Å². The number of hydrogen-bond donors (Lipinski definition) is 0. The summed E-state index contributed by atoms with van der Waals surface area (Å²) in [5.41, 5.74) is 0.0894. The van der Waals surface area contributed by atoms with Gasteiger partial charge in [0.2, 0.25) is 0 Å². The Labute approximate surface area is 102 Å². The Bertz CT molecular complexity index is 548. The number of rotatable bonds is 3. The fourth-order valence-corrected chi connectivity index (χ4v) is 1.63. The monoisotopic (exact) mass is 238 g/mol. The third-order valence-electron chi connectivity index (χ3n) is 2.18. The molecule has 0 atom stereocenters. The number of nitrogens with zero attached hydrogens (tertiary/aromatic N) is 4. The molecule has 0 amide bonds. The summed E-state index contributed by atoms with van der Waals surface area (Å²) < 4.78 is 16.9. The van der Waals surface area contributed by atoms with Crippen molar-refractivity contribution in [1.82, 2.24) is 19.5 Å². The summed E-state index contributed by atoms with van der Waals surface area (Å²) in [6.07, 6.45) is 6.31. The highest BCUT2D eigenvalue weighted by Crippen LogP contribution is 2.18. The largest absolute Gasteiger partial charge is 0.286 e. The minimum atomic E-state index is -2.07. The summed E-state index contributed by atoms with van der Waals surface area (Å²) in [6.45, 7) is 4.01. The van der Waals surface area contributed by atoms with E-state index >= 15 is 0 Å². The lowest BCUT2D eigenvalue weighted by Gasteiger charge is -2.11. The standard InChI is InChI=1S/C11H13ClN4/c1-8(2)10-15-5-6-16(10)11-9(7-12)13-3-4-14-11/h3-6,8H,7H2,1-2H3/i7D2. The van der Waals surface area contributed by atoms with E-state index in [0.29, 0.717) is 5.82 Å². The molecule has 0 N–H and O–H groups in total. The summed E-state index contributed by atoms with van der Waals surface area (Å²) >= 11 is 5.71. The zero-order valence-electron chi connectivity index (χ0n) is 11.1. The maximum Gasteiger partial charge on any atom is 0.161 e. The van der Waals surface area contributed by atoms with Crippen LogP contribution in [0.3, 0.4) is 0 Å². The van der Waals surface area contributed by atoms with Crippen LogP contribution in [-0.2, 0) is 5.83 Å². The van der Waals surface area contributed by atoms with Crippen LogP contribution in [0, 0.1) is 0 Å². The van der Waals surface area contributed by atoms with Crippen molar-refractivity contribution in [2.75, 3.05) is 0 Å². The van der Waals surface area contributed by atoms with Gasteiger partial charge in [-0.1, -0.05) is 13.8 Å². The zero-order chi connectivity index (χ0) is 13.3. The molecule has 0 saturated heterocycles. The summed E-state index contributed by atoms with van der Waals surface area (Å²) in [5, 5.41) is 0. The number of aromatic nitrogens is 4. The van der Waals surface area contributed by atoms with Crippen molar-refractivity contribution in [1.29, 1.82) is 0 Å². The fourth-order valence-electron chi connectivity index (χ4n) is 1.49. The molecule has 2 aromatic rings. The maximum atomic E-state index is 7.59. The normalized spacial score (nSPS) is 13.8. The highest BCUT2D eigenvalue weighted by Gasteiger charge is 2.12. The van der Waals surface area contributed by atoms with Crippen LogP contribution in [0.5, 0.6) is 0 Å². The molecule has 0 aliphatic carbocycles. The fraction of sp³-hybridized carbons (Fsp3) is 0.364. The van der Waals surface area contributed by atoms with Gasteiger partial charge in [0.05, 0.1) is 14.3 Å². The van der Waals surface area contributed by atoms with Crippen molar-refractivity contribution in [2.24, 2.45) is 0 Å². The topological polar surface area (TPSA) is 43.6 Å². The van der Waals surface area contributed by atoms with Crippen molar-refractivity contribution in [3.05, 3.63) is 36.3 Å². The van der Waals surface area contributed by atoms with E-state index in [4.69, 9.17) is 14.3 Å². The third-order valence-corrected chi connectivity index (χ3v) is 2.36. The van der Waals surface area contributed by atoms with Gasteiger partial charge in [0.25, 0.3) is 0 Å². The number of alkyl halides is 1. The highest BCUT2D eigenvalue weighted by molar-refractivity contribution is 6.17. The molecule has 4 nitrogen and oxygen atoms in total. The van der Waals surface area contributed by atoms with Crippen molar-refractivity contribution < 1.29 is 2.74 Å². The van der Waals surface area contributed by atoms with Crippen molar-refractivity contribution in [2.45, 2.75) is 25.6 Å². The summed E-state index contributed by atoms with van der Waals surface area (Å²) in [5.74, 6) is -0.713. The van der Waals surface area contributed by atoms with Crippen LogP contribution in [-0.4, -0.2) is 19.5 Å². The zero-order valence-corrected chi connectivity index (χ0v) is 9.81. The third kappa shape index (κ3) is 1.93. The molecule has 0 fully saturated rings. The molecule has 0 aromatic carbocycles. The van der Waals surface area contributed by atoms with E-state index in [-0.39, 0.29) is 11.6 Å². The molecular formula is C11H13ClN4. The van der Waals surface area contributed by atoms with E-state index < -0.39 is 5.83 Å².